The molecule has 0 aromatic carbocycles. The Hall–Kier alpha value is -0.610. The molecule has 0 fully saturated rings. The van der Waals surface area contributed by atoms with Crippen LogP contribution in [0.25, 0.3) is 0 Å². The van der Waals surface area contributed by atoms with Crippen molar-refractivity contribution in [1.29, 1.82) is 0 Å². The highest BCUT2D eigenvalue weighted by Crippen LogP contribution is 2.06. The molecule has 18 heavy (non-hydrogen) atoms. The Morgan fingerprint density at radius 3 is 2.39 bits per heavy atom. The molecule has 0 aliphatic heterocycles. The smallest absolute Gasteiger partial charge is 0.322 e. The average molecular weight is 259 g/mol. The average Bonchev–Trinajstić information content (AvgIpc) is 2.32. The molecule has 2 unspecified atom stereocenters. The zero-order valence-electron chi connectivity index (χ0n) is 12.5. The maximum Gasteiger partial charge on any atom is 0.322 e. The van der Waals surface area contributed by atoms with Gasteiger partial charge in [0.2, 0.25) is 0 Å². The van der Waals surface area contributed by atoms with E-state index in [1.165, 1.54) is 20.0 Å². The summed E-state index contributed by atoms with van der Waals surface area (Å²) >= 11 is 0. The van der Waals surface area contributed by atoms with E-state index >= 15 is 0 Å². The van der Waals surface area contributed by atoms with Crippen LogP contribution in [0.5, 0.6) is 0 Å². The molecule has 0 spiro atoms. The zero-order valence-corrected chi connectivity index (χ0v) is 12.5. The number of carbonyl (C=O) groups excluding carboxylic acids is 1. The molecule has 0 saturated heterocycles. The summed E-state index contributed by atoms with van der Waals surface area (Å²) in [6.45, 7) is 9.75. The number of nitrogens with one attached hydrogen (secondary N) is 1. The van der Waals surface area contributed by atoms with Crippen LogP contribution in [-0.2, 0) is 14.3 Å². The van der Waals surface area contributed by atoms with E-state index in [1.807, 2.05) is 13.8 Å². The molecule has 0 aliphatic rings. The lowest BCUT2D eigenvalue weighted by Crippen LogP contribution is -2.42. The van der Waals surface area contributed by atoms with Gasteiger partial charge in [-0.1, -0.05) is 34.1 Å². The lowest BCUT2D eigenvalue weighted by molar-refractivity contribution is -0.143. The van der Waals surface area contributed by atoms with Crippen LogP contribution in [0.3, 0.4) is 0 Å². The van der Waals surface area contributed by atoms with Crippen LogP contribution in [0.15, 0.2) is 0 Å². The van der Waals surface area contributed by atoms with Crippen LogP contribution in [0, 0.1) is 5.92 Å². The highest BCUT2D eigenvalue weighted by atomic mass is 16.5. The fourth-order valence-electron chi connectivity index (χ4n) is 1.88. The second kappa shape index (κ2) is 10.3. The molecule has 0 aromatic heterocycles. The van der Waals surface area contributed by atoms with Crippen LogP contribution < -0.4 is 5.32 Å². The lowest BCUT2D eigenvalue weighted by Gasteiger charge is -2.19. The van der Waals surface area contributed by atoms with Crippen molar-refractivity contribution in [2.45, 2.75) is 59.0 Å². The van der Waals surface area contributed by atoms with E-state index in [1.54, 1.807) is 0 Å². The predicted octanol–water partition coefficient (Wildman–Crippen LogP) is 2.37. The summed E-state index contributed by atoms with van der Waals surface area (Å²) in [5.74, 6) is 0.374. The van der Waals surface area contributed by atoms with E-state index in [9.17, 15) is 4.79 Å². The zero-order chi connectivity index (χ0) is 14.0. The van der Waals surface area contributed by atoms with Gasteiger partial charge in [-0.25, -0.2) is 0 Å². The first-order valence-electron chi connectivity index (χ1n) is 6.92. The van der Waals surface area contributed by atoms with E-state index in [0.717, 1.165) is 6.61 Å². The van der Waals surface area contributed by atoms with Gasteiger partial charge in [-0.3, -0.25) is 4.79 Å². The van der Waals surface area contributed by atoms with Crippen molar-refractivity contribution in [3.63, 3.8) is 0 Å². The largest absolute Gasteiger partial charge is 0.468 e. The van der Waals surface area contributed by atoms with E-state index in [2.05, 4.69) is 19.2 Å². The van der Waals surface area contributed by atoms with Gasteiger partial charge >= 0.3 is 5.97 Å². The maximum absolute atomic E-state index is 11.5. The Morgan fingerprint density at radius 1 is 1.22 bits per heavy atom. The van der Waals surface area contributed by atoms with Gasteiger partial charge in [-0.15, -0.1) is 0 Å². The van der Waals surface area contributed by atoms with Crippen LogP contribution in [0.2, 0.25) is 0 Å². The summed E-state index contributed by atoms with van der Waals surface area (Å²) in [5, 5.41) is 3.19. The van der Waals surface area contributed by atoms with Crippen LogP contribution in [0.4, 0.5) is 0 Å². The molecule has 108 valence electrons. The molecule has 0 aliphatic carbocycles. The van der Waals surface area contributed by atoms with Crippen molar-refractivity contribution in [2.75, 3.05) is 20.3 Å². The SMILES string of the molecule is CCCC(C)COCCC(NC(C)C)C(=O)OC. The van der Waals surface area contributed by atoms with Gasteiger partial charge in [0.15, 0.2) is 0 Å². The molecule has 0 bridgehead atoms. The Labute approximate surface area is 111 Å². The minimum atomic E-state index is -0.267. The van der Waals surface area contributed by atoms with Crippen molar-refractivity contribution in [3.05, 3.63) is 0 Å². The van der Waals surface area contributed by atoms with Crippen LogP contribution in [0.1, 0.15) is 47.0 Å². The van der Waals surface area contributed by atoms with Gasteiger partial charge in [0.25, 0.3) is 0 Å². The number of ether oxygens (including phenoxy) is 2. The number of esters is 1. The monoisotopic (exact) mass is 259 g/mol. The summed E-state index contributed by atoms with van der Waals surface area (Å²) in [6, 6.07) is -0.00963. The summed E-state index contributed by atoms with van der Waals surface area (Å²) < 4.78 is 10.4. The van der Waals surface area contributed by atoms with E-state index in [-0.39, 0.29) is 18.1 Å². The van der Waals surface area contributed by atoms with E-state index in [4.69, 9.17) is 9.47 Å². The summed E-state index contributed by atoms with van der Waals surface area (Å²) in [5.41, 5.74) is 0. The topological polar surface area (TPSA) is 47.6 Å². The summed E-state index contributed by atoms with van der Waals surface area (Å²) in [4.78, 5) is 11.5. The standard InChI is InChI=1S/C14H29NO3/c1-6-7-12(4)10-18-9-8-13(14(16)17-5)15-11(2)3/h11-13,15H,6-10H2,1-5H3. The quantitative estimate of drug-likeness (QED) is 0.483. The first-order valence-corrected chi connectivity index (χ1v) is 6.92. The van der Waals surface area contributed by atoms with Gasteiger partial charge < -0.3 is 14.8 Å². The van der Waals surface area contributed by atoms with Gasteiger partial charge in [0.1, 0.15) is 6.04 Å². The molecule has 2 atom stereocenters. The lowest BCUT2D eigenvalue weighted by atomic mass is 10.1. The highest BCUT2D eigenvalue weighted by molar-refractivity contribution is 5.75. The fraction of sp³-hybridized carbons (Fsp3) is 0.929. The molecule has 0 heterocycles. The van der Waals surface area contributed by atoms with Gasteiger partial charge in [0, 0.05) is 19.3 Å². The summed E-state index contributed by atoms with van der Waals surface area (Å²) in [6.07, 6.45) is 3.03. The molecule has 4 nitrogen and oxygen atoms in total. The molecule has 4 heteroatoms. The predicted molar refractivity (Wildman–Crippen MR) is 73.6 cm³/mol. The molecule has 1 N–H and O–H groups in total. The Morgan fingerprint density at radius 2 is 1.89 bits per heavy atom. The minimum Gasteiger partial charge on any atom is -0.468 e. The number of hydrogen-bond acceptors (Lipinski definition) is 4. The highest BCUT2D eigenvalue weighted by Gasteiger charge is 2.19. The number of rotatable bonds is 10. The van der Waals surface area contributed by atoms with Crippen molar-refractivity contribution in [3.8, 4) is 0 Å². The Balaban J connectivity index is 3.86. The van der Waals surface area contributed by atoms with Gasteiger partial charge in [0.05, 0.1) is 7.11 Å². The maximum atomic E-state index is 11.5. The van der Waals surface area contributed by atoms with Gasteiger partial charge in [-0.2, -0.15) is 0 Å². The number of carbonyl (C=O) groups is 1. The van der Waals surface area contributed by atoms with Crippen molar-refractivity contribution in [1.82, 2.24) is 5.32 Å². The number of hydrogen-bond donors (Lipinski definition) is 1. The minimum absolute atomic E-state index is 0.214. The van der Waals surface area contributed by atoms with Crippen LogP contribution >= 0.6 is 0 Å². The first-order chi connectivity index (χ1) is 8.51. The third kappa shape index (κ3) is 8.48. The normalized spacial score (nSPS) is 14.6. The van der Waals surface area contributed by atoms with Crippen molar-refractivity contribution >= 4 is 5.97 Å². The molecule has 0 aromatic rings. The fourth-order valence-corrected chi connectivity index (χ4v) is 1.88. The molecular formula is C14H29NO3. The first kappa shape index (κ1) is 17.4. The molecule has 0 radical (unpaired) electrons. The third-order valence-electron chi connectivity index (χ3n) is 2.75. The second-order valence-corrected chi connectivity index (χ2v) is 5.15. The van der Waals surface area contributed by atoms with Gasteiger partial charge in [-0.05, 0) is 18.8 Å². The Kier molecular flexibility index (Phi) is 9.98. The molecule has 0 rings (SSSR count). The molecule has 0 amide bonds. The molecule has 0 saturated carbocycles. The van der Waals surface area contributed by atoms with Crippen molar-refractivity contribution < 1.29 is 14.3 Å². The van der Waals surface area contributed by atoms with E-state index in [0.29, 0.717) is 18.9 Å². The summed E-state index contributed by atoms with van der Waals surface area (Å²) in [7, 11) is 1.42. The van der Waals surface area contributed by atoms with E-state index < -0.39 is 0 Å². The third-order valence-corrected chi connectivity index (χ3v) is 2.75. The number of methoxy groups -OCH3 is 1. The molecular weight excluding hydrogens is 230 g/mol. The van der Waals surface area contributed by atoms with Crippen LogP contribution in [-0.4, -0.2) is 38.4 Å². The Bertz CT molecular complexity index is 219. The van der Waals surface area contributed by atoms with Crippen molar-refractivity contribution in [2.24, 2.45) is 5.92 Å². The second-order valence-electron chi connectivity index (χ2n) is 5.15.